The molecule has 0 saturated carbocycles. The van der Waals surface area contributed by atoms with E-state index in [1.165, 1.54) is 19.3 Å². The van der Waals surface area contributed by atoms with Gasteiger partial charge in [-0.1, -0.05) is 0 Å². The Labute approximate surface area is 108 Å². The summed E-state index contributed by atoms with van der Waals surface area (Å²) in [4.78, 5) is 11.1. The first kappa shape index (κ1) is 13.0. The van der Waals surface area contributed by atoms with Gasteiger partial charge in [-0.2, -0.15) is 0 Å². The zero-order valence-corrected chi connectivity index (χ0v) is 10.9. The van der Waals surface area contributed by atoms with E-state index in [0.717, 1.165) is 18.9 Å². The lowest BCUT2D eigenvalue weighted by atomic mass is 10.1. The monoisotopic (exact) mass is 251 g/mol. The molecule has 1 fully saturated rings. The minimum absolute atomic E-state index is 0.423. The quantitative estimate of drug-likeness (QED) is 0.606. The van der Waals surface area contributed by atoms with Crippen molar-refractivity contribution in [2.75, 3.05) is 30.0 Å². The number of piperidine rings is 1. The molecule has 1 aromatic heterocycles. The van der Waals surface area contributed by atoms with Crippen LogP contribution in [0.3, 0.4) is 0 Å². The highest BCUT2D eigenvalue weighted by molar-refractivity contribution is 5.49. The number of hydrogen-bond donors (Lipinski definition) is 2. The van der Waals surface area contributed by atoms with Crippen LogP contribution in [0.2, 0.25) is 0 Å². The molecule has 1 saturated heterocycles. The molecule has 0 radical (unpaired) electrons. The average Bonchev–Trinajstić information content (AvgIpc) is 2.45. The summed E-state index contributed by atoms with van der Waals surface area (Å²) in [6.45, 7) is 5.14. The van der Waals surface area contributed by atoms with E-state index in [1.807, 2.05) is 13.0 Å². The highest BCUT2D eigenvalue weighted by Crippen LogP contribution is 2.20. The van der Waals surface area contributed by atoms with Gasteiger partial charge >= 0.3 is 0 Å². The lowest BCUT2D eigenvalue weighted by Gasteiger charge is -2.28. The summed E-state index contributed by atoms with van der Waals surface area (Å²) in [5.74, 6) is 7.70. The molecule has 0 aliphatic carbocycles. The van der Waals surface area contributed by atoms with Gasteiger partial charge in [0, 0.05) is 25.8 Å². The van der Waals surface area contributed by atoms with Crippen molar-refractivity contribution in [2.45, 2.75) is 32.8 Å². The summed E-state index contributed by atoms with van der Waals surface area (Å²) in [7, 11) is 0. The Morgan fingerprint density at radius 1 is 1.33 bits per heavy atom. The molecule has 0 bridgehead atoms. The minimum Gasteiger partial charge on any atom is -0.374 e. The second kappa shape index (κ2) is 6.51. The molecule has 2 heterocycles. The fourth-order valence-electron chi connectivity index (χ4n) is 2.10. The van der Waals surface area contributed by atoms with Crippen LogP contribution in [0.5, 0.6) is 0 Å². The predicted octanol–water partition coefficient (Wildman–Crippen LogP) is 1.29. The number of nitrogens with zero attached hydrogens (tertiary/aromatic N) is 3. The molecule has 1 aromatic rings. The van der Waals surface area contributed by atoms with Crippen LogP contribution in [-0.2, 0) is 11.3 Å². The molecule has 2 rings (SSSR count). The van der Waals surface area contributed by atoms with E-state index in [4.69, 9.17) is 10.6 Å². The maximum absolute atomic E-state index is 5.45. The molecular formula is C12H21N5O. The lowest BCUT2D eigenvalue weighted by molar-refractivity contribution is 0.128. The fraction of sp³-hybridized carbons (Fsp3) is 0.667. The molecule has 100 valence electrons. The minimum atomic E-state index is 0.423. The van der Waals surface area contributed by atoms with Gasteiger partial charge in [0.2, 0.25) is 0 Å². The van der Waals surface area contributed by atoms with Gasteiger partial charge in [0.1, 0.15) is 18.2 Å². The number of nitrogens with one attached hydrogen (secondary N) is 1. The van der Waals surface area contributed by atoms with E-state index < -0.39 is 0 Å². The van der Waals surface area contributed by atoms with Crippen molar-refractivity contribution >= 4 is 11.6 Å². The van der Waals surface area contributed by atoms with Crippen LogP contribution in [0.4, 0.5) is 11.6 Å². The van der Waals surface area contributed by atoms with Crippen molar-refractivity contribution in [1.29, 1.82) is 0 Å². The Morgan fingerprint density at radius 3 is 2.78 bits per heavy atom. The zero-order chi connectivity index (χ0) is 12.8. The maximum Gasteiger partial charge on any atom is 0.158 e. The number of ether oxygens (including phenoxy) is 1. The van der Waals surface area contributed by atoms with Gasteiger partial charge in [-0.15, -0.1) is 0 Å². The summed E-state index contributed by atoms with van der Waals surface area (Å²) in [5.41, 5.74) is 2.59. The maximum atomic E-state index is 5.45. The summed E-state index contributed by atoms with van der Waals surface area (Å²) in [5, 5.41) is 0. The van der Waals surface area contributed by atoms with Gasteiger partial charge in [-0.05, 0) is 26.2 Å². The zero-order valence-electron chi connectivity index (χ0n) is 10.9. The van der Waals surface area contributed by atoms with Crippen molar-refractivity contribution in [3.63, 3.8) is 0 Å². The van der Waals surface area contributed by atoms with E-state index in [9.17, 15) is 0 Å². The lowest BCUT2D eigenvalue weighted by Crippen LogP contribution is -2.30. The Bertz CT molecular complexity index is 379. The first-order valence-corrected chi connectivity index (χ1v) is 6.50. The van der Waals surface area contributed by atoms with Crippen LogP contribution in [0.25, 0.3) is 0 Å². The number of hydrogen-bond acceptors (Lipinski definition) is 6. The second-order valence-electron chi connectivity index (χ2n) is 4.36. The van der Waals surface area contributed by atoms with Gasteiger partial charge in [-0.25, -0.2) is 15.8 Å². The normalized spacial score (nSPS) is 15.8. The smallest absolute Gasteiger partial charge is 0.158 e. The number of nitrogens with two attached hydrogens (primary N) is 1. The number of anilines is 2. The first-order chi connectivity index (χ1) is 8.83. The highest BCUT2D eigenvalue weighted by Gasteiger charge is 2.14. The van der Waals surface area contributed by atoms with Crippen LogP contribution < -0.4 is 16.2 Å². The molecule has 3 N–H and O–H groups in total. The van der Waals surface area contributed by atoms with Gasteiger partial charge in [0.05, 0.1) is 0 Å². The Morgan fingerprint density at radius 2 is 2.11 bits per heavy atom. The molecule has 18 heavy (non-hydrogen) atoms. The molecule has 0 atom stereocenters. The van der Waals surface area contributed by atoms with Crippen molar-refractivity contribution in [1.82, 2.24) is 9.97 Å². The summed E-state index contributed by atoms with van der Waals surface area (Å²) in [6.07, 6.45) is 3.74. The molecule has 0 amide bonds. The van der Waals surface area contributed by atoms with Gasteiger partial charge < -0.3 is 15.1 Å². The van der Waals surface area contributed by atoms with Gasteiger partial charge in [-0.3, -0.25) is 0 Å². The molecule has 0 unspecified atom stereocenters. The molecule has 6 heteroatoms. The van der Waals surface area contributed by atoms with Crippen LogP contribution in [0.1, 0.15) is 32.0 Å². The molecule has 1 aliphatic heterocycles. The average molecular weight is 251 g/mol. The van der Waals surface area contributed by atoms with E-state index in [1.54, 1.807) is 0 Å². The number of nitrogen functional groups attached to an aromatic ring is 1. The number of aromatic nitrogens is 2. The van der Waals surface area contributed by atoms with Crippen molar-refractivity contribution in [3.8, 4) is 0 Å². The second-order valence-corrected chi connectivity index (χ2v) is 4.36. The summed E-state index contributed by atoms with van der Waals surface area (Å²) < 4.78 is 5.35. The topological polar surface area (TPSA) is 76.3 Å². The van der Waals surface area contributed by atoms with E-state index in [2.05, 4.69) is 20.3 Å². The van der Waals surface area contributed by atoms with Gasteiger partial charge in [0.25, 0.3) is 0 Å². The SMILES string of the molecule is CCOCc1nc(NN)cc(N2CCCCC2)n1. The summed E-state index contributed by atoms with van der Waals surface area (Å²) in [6, 6.07) is 1.89. The molecule has 0 spiro atoms. The van der Waals surface area contributed by atoms with Crippen LogP contribution in [0, 0.1) is 0 Å². The van der Waals surface area contributed by atoms with Crippen LogP contribution in [0.15, 0.2) is 6.07 Å². The van der Waals surface area contributed by atoms with Gasteiger partial charge in [0.15, 0.2) is 5.82 Å². The predicted molar refractivity (Wildman–Crippen MR) is 71.2 cm³/mol. The van der Waals surface area contributed by atoms with Crippen molar-refractivity contribution < 1.29 is 4.74 Å². The van der Waals surface area contributed by atoms with E-state index in [-0.39, 0.29) is 0 Å². The van der Waals surface area contributed by atoms with Crippen LogP contribution >= 0.6 is 0 Å². The third kappa shape index (κ3) is 3.30. The Balaban J connectivity index is 2.16. The van der Waals surface area contributed by atoms with Crippen molar-refractivity contribution in [3.05, 3.63) is 11.9 Å². The van der Waals surface area contributed by atoms with Crippen molar-refractivity contribution in [2.24, 2.45) is 5.84 Å². The van der Waals surface area contributed by atoms with E-state index >= 15 is 0 Å². The number of rotatable bonds is 5. The van der Waals surface area contributed by atoms with E-state index in [0.29, 0.717) is 24.9 Å². The first-order valence-electron chi connectivity index (χ1n) is 6.50. The summed E-state index contributed by atoms with van der Waals surface area (Å²) >= 11 is 0. The Hall–Kier alpha value is -1.40. The largest absolute Gasteiger partial charge is 0.374 e. The number of hydrazine groups is 1. The third-order valence-corrected chi connectivity index (χ3v) is 3.02. The molecule has 6 nitrogen and oxygen atoms in total. The molecular weight excluding hydrogens is 230 g/mol. The Kier molecular flexibility index (Phi) is 4.72. The standard InChI is InChI=1S/C12H21N5O/c1-2-18-9-11-14-10(16-13)8-12(15-11)17-6-4-3-5-7-17/h8H,2-7,9,13H2,1H3,(H,14,15,16). The molecule has 1 aliphatic rings. The highest BCUT2D eigenvalue weighted by atomic mass is 16.5. The fourth-order valence-corrected chi connectivity index (χ4v) is 2.10. The molecule has 0 aromatic carbocycles. The third-order valence-electron chi connectivity index (χ3n) is 3.02. The van der Waals surface area contributed by atoms with Crippen LogP contribution in [-0.4, -0.2) is 29.7 Å².